The second-order valence-corrected chi connectivity index (χ2v) is 7.09. The van der Waals surface area contributed by atoms with Gasteiger partial charge in [0.05, 0.1) is 12.0 Å². The monoisotopic (exact) mass is 256 g/mol. The molecule has 4 nitrogen and oxygen atoms in total. The molecule has 0 aliphatic heterocycles. The molecule has 0 spiro atoms. The molecule has 1 atom stereocenters. The highest BCUT2D eigenvalue weighted by molar-refractivity contribution is 6.60. The van der Waals surface area contributed by atoms with Gasteiger partial charge in [-0.15, -0.1) is 11.6 Å². The fourth-order valence-electron chi connectivity index (χ4n) is 1.19. The first-order valence-electron chi connectivity index (χ1n) is 4.97. The summed E-state index contributed by atoms with van der Waals surface area (Å²) in [5, 5.41) is 0.0549. The van der Waals surface area contributed by atoms with Crippen LogP contribution in [0.5, 0.6) is 0 Å². The van der Waals surface area contributed by atoms with Crippen LogP contribution in [0.2, 0.25) is 6.04 Å². The fourth-order valence-corrected chi connectivity index (χ4v) is 2.97. The van der Waals surface area contributed by atoms with Crippen molar-refractivity contribution in [2.24, 2.45) is 0 Å². The number of alkyl halides is 1. The Hall–Kier alpha value is 0.347. The minimum absolute atomic E-state index is 0.0549. The summed E-state index contributed by atoms with van der Waals surface area (Å²) in [7, 11) is 2.43. The molecule has 0 fully saturated rings. The van der Waals surface area contributed by atoms with E-state index in [0.717, 1.165) is 12.5 Å². The van der Waals surface area contributed by atoms with Gasteiger partial charge in [0, 0.05) is 34.0 Å². The molecule has 0 rings (SSSR count). The van der Waals surface area contributed by atoms with Crippen LogP contribution in [-0.2, 0) is 18.0 Å². The summed E-state index contributed by atoms with van der Waals surface area (Å²) in [6.45, 7) is 3.13. The van der Waals surface area contributed by atoms with Gasteiger partial charge in [-0.25, -0.2) is 0 Å². The molecule has 0 aromatic heterocycles. The van der Waals surface area contributed by atoms with Gasteiger partial charge in [0.15, 0.2) is 0 Å². The van der Waals surface area contributed by atoms with Gasteiger partial charge in [-0.3, -0.25) is 0 Å². The van der Waals surface area contributed by atoms with Crippen LogP contribution >= 0.6 is 11.6 Å². The molecule has 0 N–H and O–H groups in total. The first kappa shape index (κ1) is 15.3. The lowest BCUT2D eigenvalue weighted by Crippen LogP contribution is -2.42. The summed E-state index contributed by atoms with van der Waals surface area (Å²) in [6.07, 6.45) is 0.853. The van der Waals surface area contributed by atoms with Crippen molar-refractivity contribution < 1.29 is 18.0 Å². The van der Waals surface area contributed by atoms with Crippen molar-refractivity contribution in [3.8, 4) is 0 Å². The largest absolute Gasteiger partial charge is 0.500 e. The predicted octanol–water partition coefficient (Wildman–Crippen LogP) is 1.90. The van der Waals surface area contributed by atoms with Crippen LogP contribution in [0.15, 0.2) is 0 Å². The Morgan fingerprint density at radius 2 is 1.67 bits per heavy atom. The second-order valence-electron chi connectivity index (χ2n) is 3.25. The van der Waals surface area contributed by atoms with Gasteiger partial charge in [0.25, 0.3) is 0 Å². The van der Waals surface area contributed by atoms with Crippen molar-refractivity contribution in [1.82, 2.24) is 0 Å². The highest BCUT2D eigenvalue weighted by atomic mass is 35.5. The lowest BCUT2D eigenvalue weighted by Gasteiger charge is -2.24. The van der Waals surface area contributed by atoms with Crippen LogP contribution in [0, 0.1) is 0 Å². The summed E-state index contributed by atoms with van der Waals surface area (Å²) < 4.78 is 21.2. The Bertz CT molecular complexity index is 145. The van der Waals surface area contributed by atoms with Crippen LogP contribution in [-0.4, -0.2) is 48.7 Å². The summed E-state index contributed by atoms with van der Waals surface area (Å²) in [4.78, 5) is 0. The van der Waals surface area contributed by atoms with Crippen LogP contribution in [0.3, 0.4) is 0 Å². The Morgan fingerprint density at radius 1 is 1.13 bits per heavy atom. The number of ether oxygens (including phenoxy) is 1. The SMILES string of the molecule is CO[Si](CCCOCC(C)Cl)(OC)OC. The van der Waals surface area contributed by atoms with Crippen LogP contribution < -0.4 is 0 Å². The molecule has 0 saturated carbocycles. The lowest BCUT2D eigenvalue weighted by atomic mass is 10.5. The molecule has 0 bridgehead atoms. The van der Waals surface area contributed by atoms with E-state index in [1.54, 1.807) is 21.3 Å². The van der Waals surface area contributed by atoms with Crippen molar-refractivity contribution in [3.63, 3.8) is 0 Å². The molecular weight excluding hydrogens is 236 g/mol. The van der Waals surface area contributed by atoms with Gasteiger partial charge in [-0.1, -0.05) is 0 Å². The molecule has 15 heavy (non-hydrogen) atoms. The van der Waals surface area contributed by atoms with E-state index in [1.165, 1.54) is 0 Å². The second kappa shape index (κ2) is 8.49. The zero-order chi connectivity index (χ0) is 11.7. The standard InChI is InChI=1S/C9H21ClO4Si/c1-9(10)8-14-6-5-7-15(11-2,12-3)13-4/h9H,5-8H2,1-4H3. The molecule has 0 aliphatic carbocycles. The highest BCUT2D eigenvalue weighted by Crippen LogP contribution is 2.14. The average molecular weight is 257 g/mol. The molecule has 92 valence electrons. The maximum Gasteiger partial charge on any atom is 0.500 e. The third kappa shape index (κ3) is 6.50. The van der Waals surface area contributed by atoms with Crippen LogP contribution in [0.1, 0.15) is 13.3 Å². The van der Waals surface area contributed by atoms with E-state index in [0.29, 0.717) is 13.2 Å². The molecule has 0 amide bonds. The third-order valence-corrected chi connectivity index (χ3v) is 5.01. The summed E-state index contributed by atoms with van der Waals surface area (Å²) in [5.41, 5.74) is 0. The fraction of sp³-hybridized carbons (Fsp3) is 1.00. The average Bonchev–Trinajstić information content (AvgIpc) is 2.24. The van der Waals surface area contributed by atoms with Gasteiger partial charge in [-0.05, 0) is 13.3 Å². The van der Waals surface area contributed by atoms with Gasteiger partial charge >= 0.3 is 8.80 Å². The first-order chi connectivity index (χ1) is 7.10. The predicted molar refractivity (Wildman–Crippen MR) is 62.3 cm³/mol. The number of halogens is 1. The third-order valence-electron chi connectivity index (χ3n) is 2.05. The molecule has 1 unspecified atom stereocenters. The smallest absolute Gasteiger partial charge is 0.380 e. The maximum atomic E-state index is 5.74. The summed E-state index contributed by atoms with van der Waals surface area (Å²) in [6, 6.07) is 0.757. The van der Waals surface area contributed by atoms with Gasteiger partial charge in [0.1, 0.15) is 0 Å². The van der Waals surface area contributed by atoms with Crippen molar-refractivity contribution in [2.45, 2.75) is 24.8 Å². The van der Waals surface area contributed by atoms with E-state index in [4.69, 9.17) is 29.6 Å². The maximum absolute atomic E-state index is 5.74. The number of rotatable bonds is 9. The first-order valence-corrected chi connectivity index (χ1v) is 7.34. The Kier molecular flexibility index (Phi) is 8.69. The molecule has 0 saturated heterocycles. The summed E-state index contributed by atoms with van der Waals surface area (Å²) in [5.74, 6) is 0. The Labute approximate surface area is 98.2 Å². The lowest BCUT2D eigenvalue weighted by molar-refractivity contribution is 0.108. The van der Waals surface area contributed by atoms with Crippen molar-refractivity contribution in [1.29, 1.82) is 0 Å². The molecule has 0 aliphatic rings. The van der Waals surface area contributed by atoms with Gasteiger partial charge in [-0.2, -0.15) is 0 Å². The molecule has 6 heteroatoms. The van der Waals surface area contributed by atoms with Crippen molar-refractivity contribution in [3.05, 3.63) is 0 Å². The highest BCUT2D eigenvalue weighted by Gasteiger charge is 2.36. The normalized spacial score (nSPS) is 14.2. The van der Waals surface area contributed by atoms with Crippen LogP contribution in [0.4, 0.5) is 0 Å². The zero-order valence-corrected chi connectivity index (χ0v) is 11.7. The minimum atomic E-state index is -2.41. The summed E-state index contributed by atoms with van der Waals surface area (Å²) >= 11 is 5.74. The van der Waals surface area contributed by atoms with E-state index in [2.05, 4.69) is 0 Å². The number of hydrogen-bond acceptors (Lipinski definition) is 4. The Balaban J connectivity index is 3.63. The van der Waals surface area contributed by atoms with E-state index in [-0.39, 0.29) is 5.38 Å². The van der Waals surface area contributed by atoms with E-state index >= 15 is 0 Å². The van der Waals surface area contributed by atoms with E-state index in [9.17, 15) is 0 Å². The van der Waals surface area contributed by atoms with E-state index in [1.807, 2.05) is 6.92 Å². The Morgan fingerprint density at radius 3 is 2.07 bits per heavy atom. The zero-order valence-electron chi connectivity index (χ0n) is 9.92. The quantitative estimate of drug-likeness (QED) is 0.359. The molecule has 0 aromatic rings. The topological polar surface area (TPSA) is 36.9 Å². The van der Waals surface area contributed by atoms with Crippen molar-refractivity contribution in [2.75, 3.05) is 34.5 Å². The van der Waals surface area contributed by atoms with E-state index < -0.39 is 8.80 Å². The number of hydrogen-bond donors (Lipinski definition) is 0. The van der Waals surface area contributed by atoms with Gasteiger partial charge < -0.3 is 18.0 Å². The van der Waals surface area contributed by atoms with Gasteiger partial charge in [0.2, 0.25) is 0 Å². The van der Waals surface area contributed by atoms with Crippen molar-refractivity contribution >= 4 is 20.4 Å². The molecule has 0 radical (unpaired) electrons. The molecule has 0 aromatic carbocycles. The molecular formula is C9H21ClO4Si. The molecule has 0 heterocycles. The van der Waals surface area contributed by atoms with Crippen LogP contribution in [0.25, 0.3) is 0 Å². The minimum Gasteiger partial charge on any atom is -0.380 e.